The van der Waals surface area contributed by atoms with E-state index in [-0.39, 0.29) is 18.3 Å². The fraction of sp³-hybridized carbons (Fsp3) is 0.867. The van der Waals surface area contributed by atoms with E-state index in [0.29, 0.717) is 11.9 Å². The van der Waals surface area contributed by atoms with E-state index >= 15 is 0 Å². The SMILES string of the molecule is CC1(C)OB(C2CCCN3CCC=CC23)OC1(C)C. The van der Waals surface area contributed by atoms with Crippen molar-refractivity contribution >= 4 is 7.12 Å². The minimum atomic E-state index is -0.210. The molecule has 106 valence electrons. The Kier molecular flexibility index (Phi) is 3.31. The number of fused-ring (bicyclic) bond motifs is 1. The van der Waals surface area contributed by atoms with Gasteiger partial charge in [-0.25, -0.2) is 0 Å². The summed E-state index contributed by atoms with van der Waals surface area (Å²) in [5, 5.41) is 0. The summed E-state index contributed by atoms with van der Waals surface area (Å²) in [6.07, 6.45) is 8.36. The molecule has 0 aromatic carbocycles. The van der Waals surface area contributed by atoms with Crippen molar-refractivity contribution in [2.75, 3.05) is 13.1 Å². The van der Waals surface area contributed by atoms with E-state index in [1.54, 1.807) is 0 Å². The zero-order chi connectivity index (χ0) is 13.7. The summed E-state index contributed by atoms with van der Waals surface area (Å²) in [5.41, 5.74) is -0.420. The van der Waals surface area contributed by atoms with E-state index < -0.39 is 0 Å². The van der Waals surface area contributed by atoms with E-state index in [1.807, 2.05) is 0 Å². The van der Waals surface area contributed by atoms with Crippen molar-refractivity contribution in [3.63, 3.8) is 0 Å². The first-order valence-electron chi connectivity index (χ1n) is 7.67. The fourth-order valence-electron chi connectivity index (χ4n) is 3.48. The maximum atomic E-state index is 6.27. The van der Waals surface area contributed by atoms with Gasteiger partial charge in [-0.1, -0.05) is 12.2 Å². The number of nitrogens with zero attached hydrogens (tertiary/aromatic N) is 1. The average molecular weight is 263 g/mol. The lowest BCUT2D eigenvalue weighted by Gasteiger charge is -2.42. The Balaban J connectivity index is 1.79. The monoisotopic (exact) mass is 263 g/mol. The molecule has 19 heavy (non-hydrogen) atoms. The highest BCUT2D eigenvalue weighted by Crippen LogP contribution is 2.44. The number of hydrogen-bond acceptors (Lipinski definition) is 3. The average Bonchev–Trinajstić information content (AvgIpc) is 2.58. The minimum absolute atomic E-state index is 0.0550. The molecule has 2 atom stereocenters. The maximum Gasteiger partial charge on any atom is 0.463 e. The van der Waals surface area contributed by atoms with Crippen molar-refractivity contribution in [2.45, 2.75) is 70.0 Å². The van der Waals surface area contributed by atoms with Gasteiger partial charge in [-0.3, -0.25) is 4.90 Å². The van der Waals surface area contributed by atoms with Crippen LogP contribution in [0.4, 0.5) is 0 Å². The third-order valence-corrected chi connectivity index (χ3v) is 5.38. The first-order valence-corrected chi connectivity index (χ1v) is 7.67. The molecular weight excluding hydrogens is 237 g/mol. The van der Waals surface area contributed by atoms with Gasteiger partial charge < -0.3 is 9.31 Å². The third-order valence-electron chi connectivity index (χ3n) is 5.38. The van der Waals surface area contributed by atoms with Crippen molar-refractivity contribution in [3.05, 3.63) is 12.2 Å². The summed E-state index contributed by atoms with van der Waals surface area (Å²) in [4.78, 5) is 2.60. The fourth-order valence-corrected chi connectivity index (χ4v) is 3.48. The topological polar surface area (TPSA) is 21.7 Å². The van der Waals surface area contributed by atoms with E-state index in [2.05, 4.69) is 44.7 Å². The van der Waals surface area contributed by atoms with Crippen LogP contribution in [0.2, 0.25) is 5.82 Å². The molecule has 0 aliphatic carbocycles. The van der Waals surface area contributed by atoms with Crippen LogP contribution in [0.5, 0.6) is 0 Å². The normalized spacial score (nSPS) is 37.4. The molecule has 3 heterocycles. The van der Waals surface area contributed by atoms with Crippen molar-refractivity contribution in [1.29, 1.82) is 0 Å². The van der Waals surface area contributed by atoms with Crippen molar-refractivity contribution in [1.82, 2.24) is 4.90 Å². The molecule has 0 saturated carbocycles. The second kappa shape index (κ2) is 4.61. The zero-order valence-corrected chi connectivity index (χ0v) is 12.7. The lowest BCUT2D eigenvalue weighted by molar-refractivity contribution is 0.00578. The summed E-state index contributed by atoms with van der Waals surface area (Å²) in [6.45, 7) is 11.0. The van der Waals surface area contributed by atoms with Crippen LogP contribution < -0.4 is 0 Å². The molecule has 2 fully saturated rings. The molecule has 3 rings (SSSR count). The lowest BCUT2D eigenvalue weighted by Crippen LogP contribution is -2.48. The summed E-state index contributed by atoms with van der Waals surface area (Å²) in [5.74, 6) is 0.478. The van der Waals surface area contributed by atoms with Gasteiger partial charge in [0, 0.05) is 18.4 Å². The number of piperidine rings is 1. The van der Waals surface area contributed by atoms with Crippen molar-refractivity contribution < 1.29 is 9.31 Å². The summed E-state index contributed by atoms with van der Waals surface area (Å²) < 4.78 is 12.5. The molecule has 0 amide bonds. The smallest absolute Gasteiger partial charge is 0.403 e. The Hall–Kier alpha value is -0.315. The van der Waals surface area contributed by atoms with Crippen molar-refractivity contribution in [3.8, 4) is 0 Å². The van der Waals surface area contributed by atoms with Crippen LogP contribution in [0.1, 0.15) is 47.0 Å². The van der Waals surface area contributed by atoms with Crippen LogP contribution in [-0.2, 0) is 9.31 Å². The molecule has 0 spiro atoms. The second-order valence-corrected chi connectivity index (χ2v) is 7.17. The van der Waals surface area contributed by atoms with E-state index in [9.17, 15) is 0 Å². The quantitative estimate of drug-likeness (QED) is 0.536. The van der Waals surface area contributed by atoms with Gasteiger partial charge in [0.2, 0.25) is 0 Å². The Morgan fingerprint density at radius 1 is 1.11 bits per heavy atom. The summed E-state index contributed by atoms with van der Waals surface area (Å²) >= 11 is 0. The van der Waals surface area contributed by atoms with E-state index in [0.717, 1.165) is 0 Å². The first kappa shape index (κ1) is 13.7. The molecular formula is C15H26BNO2. The highest BCUT2D eigenvalue weighted by molar-refractivity contribution is 6.47. The molecule has 3 nitrogen and oxygen atoms in total. The Morgan fingerprint density at radius 3 is 2.47 bits per heavy atom. The molecule has 2 saturated heterocycles. The minimum Gasteiger partial charge on any atom is -0.403 e. The molecule has 0 aromatic rings. The van der Waals surface area contributed by atoms with Gasteiger partial charge in [0.1, 0.15) is 0 Å². The number of hydrogen-bond donors (Lipinski definition) is 0. The molecule has 3 aliphatic rings. The predicted octanol–water partition coefficient (Wildman–Crippen LogP) is 2.87. The van der Waals surface area contributed by atoms with Crippen LogP contribution in [0.25, 0.3) is 0 Å². The van der Waals surface area contributed by atoms with Gasteiger partial charge in [0.25, 0.3) is 0 Å². The van der Waals surface area contributed by atoms with Crippen LogP contribution in [0, 0.1) is 0 Å². The van der Waals surface area contributed by atoms with Gasteiger partial charge in [0.05, 0.1) is 11.2 Å². The van der Waals surface area contributed by atoms with Crippen LogP contribution >= 0.6 is 0 Å². The largest absolute Gasteiger partial charge is 0.463 e. The van der Waals surface area contributed by atoms with Gasteiger partial charge >= 0.3 is 7.12 Å². The molecule has 3 aliphatic heterocycles. The van der Waals surface area contributed by atoms with E-state index in [1.165, 1.54) is 32.4 Å². The lowest BCUT2D eigenvalue weighted by atomic mass is 9.63. The summed E-state index contributed by atoms with van der Waals surface area (Å²) in [7, 11) is -0.0550. The van der Waals surface area contributed by atoms with Crippen LogP contribution in [0.15, 0.2) is 12.2 Å². The van der Waals surface area contributed by atoms with Gasteiger partial charge in [-0.05, 0) is 53.5 Å². The molecule has 0 N–H and O–H groups in total. The maximum absolute atomic E-state index is 6.27. The summed E-state index contributed by atoms with van der Waals surface area (Å²) in [6, 6.07) is 0.511. The van der Waals surface area contributed by atoms with Crippen molar-refractivity contribution in [2.24, 2.45) is 0 Å². The number of rotatable bonds is 1. The third kappa shape index (κ3) is 2.28. The molecule has 0 aromatic heterocycles. The Labute approximate surface area is 117 Å². The van der Waals surface area contributed by atoms with E-state index in [4.69, 9.17) is 9.31 Å². The van der Waals surface area contributed by atoms with Gasteiger partial charge in [0.15, 0.2) is 0 Å². The predicted molar refractivity (Wildman–Crippen MR) is 78.2 cm³/mol. The second-order valence-electron chi connectivity index (χ2n) is 7.17. The highest BCUT2D eigenvalue weighted by atomic mass is 16.7. The van der Waals surface area contributed by atoms with Gasteiger partial charge in [-0.15, -0.1) is 0 Å². The first-order chi connectivity index (χ1) is 8.91. The van der Waals surface area contributed by atoms with Gasteiger partial charge in [-0.2, -0.15) is 0 Å². The molecule has 0 radical (unpaired) electrons. The van der Waals surface area contributed by atoms with Crippen LogP contribution in [-0.4, -0.2) is 42.4 Å². The molecule has 2 unspecified atom stereocenters. The standard InChI is InChI=1S/C15H26BNO2/c1-14(2)15(3,4)19-16(18-14)12-8-7-11-17-10-6-5-9-13(12)17/h5,9,12-13H,6-8,10-11H2,1-4H3. The zero-order valence-electron chi connectivity index (χ0n) is 12.7. The Morgan fingerprint density at radius 2 is 1.79 bits per heavy atom. The Bertz CT molecular complexity index is 364. The molecule has 0 bridgehead atoms. The molecule has 4 heteroatoms. The highest BCUT2D eigenvalue weighted by Gasteiger charge is 2.55. The van der Waals surface area contributed by atoms with Crippen LogP contribution in [0.3, 0.4) is 0 Å².